The second-order valence-corrected chi connectivity index (χ2v) is 2.97. The fraction of sp³-hybridized carbons (Fsp3) is 1.00. The minimum Gasteiger partial charge on any atom is -0.375 e. The first kappa shape index (κ1) is 5.69. The van der Waals surface area contributed by atoms with Crippen LogP contribution in [0, 0.1) is 5.92 Å². The first-order chi connectivity index (χ1) is 4.38. The van der Waals surface area contributed by atoms with Crippen molar-refractivity contribution in [2.24, 2.45) is 5.92 Å². The van der Waals surface area contributed by atoms with Gasteiger partial charge in [-0.1, -0.05) is 6.92 Å². The molecule has 1 unspecified atom stereocenters. The number of hydrogen-bond donors (Lipinski definition) is 0. The SMILES string of the molecule is C[C@H]1CO[C@H]2CCOC21. The molecule has 3 atom stereocenters. The van der Waals surface area contributed by atoms with E-state index in [1.165, 1.54) is 0 Å². The van der Waals surface area contributed by atoms with Crippen LogP contribution in [0.15, 0.2) is 0 Å². The number of ether oxygens (including phenoxy) is 2. The second kappa shape index (κ2) is 1.96. The van der Waals surface area contributed by atoms with E-state index < -0.39 is 0 Å². The van der Waals surface area contributed by atoms with Crippen molar-refractivity contribution < 1.29 is 9.47 Å². The molecule has 0 aromatic rings. The summed E-state index contributed by atoms with van der Waals surface area (Å²) in [6.07, 6.45) is 1.96. The summed E-state index contributed by atoms with van der Waals surface area (Å²) < 4.78 is 10.9. The van der Waals surface area contributed by atoms with Crippen molar-refractivity contribution in [1.82, 2.24) is 0 Å². The van der Waals surface area contributed by atoms with Gasteiger partial charge in [-0.3, -0.25) is 0 Å². The molecule has 2 heteroatoms. The summed E-state index contributed by atoms with van der Waals surface area (Å²) in [5.41, 5.74) is 0. The van der Waals surface area contributed by atoms with Crippen LogP contribution in [-0.2, 0) is 9.47 Å². The van der Waals surface area contributed by atoms with Gasteiger partial charge in [-0.05, 0) is 6.42 Å². The van der Waals surface area contributed by atoms with Crippen LogP contribution in [0.1, 0.15) is 13.3 Å². The van der Waals surface area contributed by atoms with E-state index in [1.54, 1.807) is 0 Å². The van der Waals surface area contributed by atoms with Crippen molar-refractivity contribution in [1.29, 1.82) is 0 Å². The fourth-order valence-electron chi connectivity index (χ4n) is 1.67. The summed E-state index contributed by atoms with van der Waals surface area (Å²) >= 11 is 0. The Morgan fingerprint density at radius 2 is 2.22 bits per heavy atom. The molecule has 0 aliphatic carbocycles. The van der Waals surface area contributed by atoms with Gasteiger partial charge in [-0.15, -0.1) is 0 Å². The maximum Gasteiger partial charge on any atom is 0.0884 e. The zero-order valence-electron chi connectivity index (χ0n) is 5.67. The van der Waals surface area contributed by atoms with Gasteiger partial charge in [-0.25, -0.2) is 0 Å². The Kier molecular flexibility index (Phi) is 1.24. The average Bonchev–Trinajstić information content (AvgIpc) is 2.35. The normalized spacial score (nSPS) is 49.7. The predicted octanol–water partition coefficient (Wildman–Crippen LogP) is 0.810. The third-order valence-corrected chi connectivity index (χ3v) is 2.21. The highest BCUT2D eigenvalue weighted by atomic mass is 16.6. The van der Waals surface area contributed by atoms with E-state index in [9.17, 15) is 0 Å². The molecule has 2 fully saturated rings. The highest BCUT2D eigenvalue weighted by Gasteiger charge is 2.38. The van der Waals surface area contributed by atoms with Gasteiger partial charge < -0.3 is 9.47 Å². The molecule has 2 heterocycles. The van der Waals surface area contributed by atoms with Gasteiger partial charge in [-0.2, -0.15) is 0 Å². The van der Waals surface area contributed by atoms with Crippen LogP contribution >= 0.6 is 0 Å². The lowest BCUT2D eigenvalue weighted by atomic mass is 10.1. The van der Waals surface area contributed by atoms with E-state index in [4.69, 9.17) is 9.47 Å². The van der Waals surface area contributed by atoms with Crippen molar-refractivity contribution in [3.63, 3.8) is 0 Å². The monoisotopic (exact) mass is 128 g/mol. The summed E-state index contributed by atoms with van der Waals surface area (Å²) in [5, 5.41) is 0. The Hall–Kier alpha value is -0.0800. The molecule has 0 aromatic heterocycles. The quantitative estimate of drug-likeness (QED) is 0.480. The van der Waals surface area contributed by atoms with E-state index in [-0.39, 0.29) is 0 Å². The topological polar surface area (TPSA) is 18.5 Å². The molecule has 0 amide bonds. The lowest BCUT2D eigenvalue weighted by molar-refractivity contribution is 0.0658. The lowest BCUT2D eigenvalue weighted by Crippen LogP contribution is -2.19. The van der Waals surface area contributed by atoms with Crippen molar-refractivity contribution in [2.45, 2.75) is 25.6 Å². The summed E-state index contributed by atoms with van der Waals surface area (Å²) in [7, 11) is 0. The highest BCUT2D eigenvalue weighted by Crippen LogP contribution is 2.29. The largest absolute Gasteiger partial charge is 0.375 e. The zero-order valence-corrected chi connectivity index (χ0v) is 5.67. The fourth-order valence-corrected chi connectivity index (χ4v) is 1.67. The molecule has 2 aliphatic heterocycles. The molecule has 0 N–H and O–H groups in total. The maximum atomic E-state index is 5.46. The summed E-state index contributed by atoms with van der Waals surface area (Å²) in [4.78, 5) is 0. The second-order valence-electron chi connectivity index (χ2n) is 2.97. The number of fused-ring (bicyclic) bond motifs is 1. The van der Waals surface area contributed by atoms with Crippen LogP contribution in [0.3, 0.4) is 0 Å². The minimum atomic E-state index is 0.421. The molecule has 52 valence electrons. The van der Waals surface area contributed by atoms with Gasteiger partial charge in [0.1, 0.15) is 0 Å². The van der Waals surface area contributed by atoms with Crippen molar-refractivity contribution in [3.05, 3.63) is 0 Å². The summed E-state index contributed by atoms with van der Waals surface area (Å²) in [5.74, 6) is 0.623. The molecule has 2 aliphatic rings. The van der Waals surface area contributed by atoms with Crippen LogP contribution in [-0.4, -0.2) is 25.4 Å². The molecule has 2 rings (SSSR count). The molecule has 0 saturated carbocycles. The molecular weight excluding hydrogens is 116 g/mol. The van der Waals surface area contributed by atoms with Gasteiger partial charge in [0.05, 0.1) is 18.8 Å². The first-order valence-electron chi connectivity index (χ1n) is 3.61. The smallest absolute Gasteiger partial charge is 0.0884 e. The van der Waals surface area contributed by atoms with Crippen molar-refractivity contribution in [2.75, 3.05) is 13.2 Å². The van der Waals surface area contributed by atoms with Crippen LogP contribution in [0.4, 0.5) is 0 Å². The minimum absolute atomic E-state index is 0.421. The first-order valence-corrected chi connectivity index (χ1v) is 3.61. The Bertz CT molecular complexity index is 113. The van der Waals surface area contributed by atoms with Gasteiger partial charge in [0.15, 0.2) is 0 Å². The van der Waals surface area contributed by atoms with E-state index in [2.05, 4.69) is 6.92 Å². The molecule has 9 heavy (non-hydrogen) atoms. The van der Waals surface area contributed by atoms with Crippen molar-refractivity contribution >= 4 is 0 Å². The predicted molar refractivity (Wildman–Crippen MR) is 33.3 cm³/mol. The zero-order chi connectivity index (χ0) is 6.27. The van der Waals surface area contributed by atoms with E-state index in [0.717, 1.165) is 19.6 Å². The highest BCUT2D eigenvalue weighted by molar-refractivity contribution is 4.86. The Labute approximate surface area is 55.1 Å². The van der Waals surface area contributed by atoms with Gasteiger partial charge in [0.2, 0.25) is 0 Å². The van der Waals surface area contributed by atoms with E-state index in [1.807, 2.05) is 0 Å². The van der Waals surface area contributed by atoms with Gasteiger partial charge >= 0.3 is 0 Å². The van der Waals surface area contributed by atoms with Crippen LogP contribution in [0.2, 0.25) is 0 Å². The Morgan fingerprint density at radius 1 is 1.33 bits per heavy atom. The molecule has 2 nitrogen and oxygen atoms in total. The Balaban J connectivity index is 2.07. The molecule has 0 bridgehead atoms. The van der Waals surface area contributed by atoms with Crippen LogP contribution in [0.5, 0.6) is 0 Å². The van der Waals surface area contributed by atoms with Gasteiger partial charge in [0.25, 0.3) is 0 Å². The van der Waals surface area contributed by atoms with E-state index >= 15 is 0 Å². The molecule has 0 spiro atoms. The standard InChI is InChI=1S/C7H12O2/c1-5-4-9-6-2-3-8-7(5)6/h5-7H,2-4H2,1H3/t5-,6-,7?/m0/s1. The van der Waals surface area contributed by atoms with Crippen LogP contribution in [0.25, 0.3) is 0 Å². The molecular formula is C7H12O2. The Morgan fingerprint density at radius 3 is 3.00 bits per heavy atom. The summed E-state index contributed by atoms with van der Waals surface area (Å²) in [6.45, 7) is 3.99. The maximum absolute atomic E-state index is 5.46. The van der Waals surface area contributed by atoms with Gasteiger partial charge in [0, 0.05) is 12.5 Å². The molecule has 0 radical (unpaired) electrons. The van der Waals surface area contributed by atoms with Crippen molar-refractivity contribution in [3.8, 4) is 0 Å². The lowest BCUT2D eigenvalue weighted by Gasteiger charge is -2.08. The molecule has 2 saturated heterocycles. The summed E-state index contributed by atoms with van der Waals surface area (Å²) in [6, 6.07) is 0. The number of hydrogen-bond acceptors (Lipinski definition) is 2. The average molecular weight is 128 g/mol. The molecule has 0 aromatic carbocycles. The third-order valence-electron chi connectivity index (χ3n) is 2.21. The number of rotatable bonds is 0. The van der Waals surface area contributed by atoms with E-state index in [0.29, 0.717) is 18.1 Å². The third kappa shape index (κ3) is 0.775. The van der Waals surface area contributed by atoms with Crippen LogP contribution < -0.4 is 0 Å².